The van der Waals surface area contributed by atoms with Crippen LogP contribution in [0.2, 0.25) is 0 Å². The van der Waals surface area contributed by atoms with Gasteiger partial charge < -0.3 is 20.2 Å². The lowest BCUT2D eigenvalue weighted by Gasteiger charge is -2.45. The van der Waals surface area contributed by atoms with E-state index in [9.17, 15) is 14.4 Å². The van der Waals surface area contributed by atoms with Crippen molar-refractivity contribution in [3.8, 4) is 0 Å². The molecule has 1 spiro atoms. The fraction of sp³-hybridized carbons (Fsp3) is 0.690. The predicted octanol–water partition coefficient (Wildman–Crippen LogP) is 5.44. The van der Waals surface area contributed by atoms with Crippen molar-refractivity contribution in [2.45, 2.75) is 103 Å². The quantitative estimate of drug-likeness (QED) is 0.525. The molecule has 7 nitrogen and oxygen atoms in total. The van der Waals surface area contributed by atoms with Gasteiger partial charge in [-0.3, -0.25) is 9.59 Å². The summed E-state index contributed by atoms with van der Waals surface area (Å²) >= 11 is 0. The summed E-state index contributed by atoms with van der Waals surface area (Å²) in [5.41, 5.74) is 1.71. The molecule has 3 aliphatic rings. The van der Waals surface area contributed by atoms with Gasteiger partial charge >= 0.3 is 12.0 Å². The zero-order valence-corrected chi connectivity index (χ0v) is 22.2. The van der Waals surface area contributed by atoms with E-state index in [1.165, 1.54) is 19.3 Å². The number of aliphatic carboxylic acids is 1. The summed E-state index contributed by atoms with van der Waals surface area (Å²) in [7, 11) is 0. The topological polar surface area (TPSA) is 90.0 Å². The fourth-order valence-electron chi connectivity index (χ4n) is 6.52. The highest BCUT2D eigenvalue weighted by atomic mass is 16.4. The Labute approximate surface area is 215 Å². The number of carboxylic acid groups (broad SMARTS) is 1. The van der Waals surface area contributed by atoms with E-state index in [2.05, 4.69) is 35.9 Å². The van der Waals surface area contributed by atoms with Gasteiger partial charge in [-0.05, 0) is 67.6 Å². The van der Waals surface area contributed by atoms with Crippen molar-refractivity contribution in [3.63, 3.8) is 0 Å². The number of carboxylic acids is 1. The molecule has 0 unspecified atom stereocenters. The Kier molecular flexibility index (Phi) is 7.96. The molecule has 1 heterocycles. The maximum atomic E-state index is 13.8. The second kappa shape index (κ2) is 10.8. The summed E-state index contributed by atoms with van der Waals surface area (Å²) in [5.74, 6) is -0.531. The monoisotopic (exact) mass is 497 g/mol. The highest BCUT2D eigenvalue weighted by Crippen LogP contribution is 2.47. The number of nitrogens with one attached hydrogen (secondary N) is 1. The Bertz CT molecular complexity index is 938. The largest absolute Gasteiger partial charge is 0.481 e. The summed E-state index contributed by atoms with van der Waals surface area (Å²) in [6, 6.07) is 7.95. The first kappa shape index (κ1) is 26.5. The lowest BCUT2D eigenvalue weighted by atomic mass is 9.67. The van der Waals surface area contributed by atoms with Crippen molar-refractivity contribution in [1.29, 1.82) is 0 Å². The van der Waals surface area contributed by atoms with Crippen LogP contribution in [0.5, 0.6) is 0 Å². The molecule has 0 atom stereocenters. The molecule has 1 aromatic rings. The minimum atomic E-state index is -0.936. The molecule has 1 aliphatic heterocycles. The maximum absolute atomic E-state index is 13.8. The highest BCUT2D eigenvalue weighted by molar-refractivity contribution is 5.94. The molecule has 0 bridgehead atoms. The molecule has 2 aliphatic carbocycles. The maximum Gasteiger partial charge on any atom is 0.321 e. The minimum Gasteiger partial charge on any atom is -0.481 e. The van der Waals surface area contributed by atoms with Crippen LogP contribution in [0.4, 0.5) is 4.79 Å². The normalized spacial score (nSPS) is 25.4. The Hall–Kier alpha value is -2.57. The SMILES string of the molecule is CC(C)(C)C1CCC2(CC1)CN(C1CCCCC1)C(=O)N2Cc1ccc(C(=O)NCCC(=O)O)cc1. The standard InChI is InChI=1S/C29H43N3O4/c1-28(2,3)23-13-16-29(17-14-23)20-31(24-7-5-4-6-8-24)27(36)32(29)19-21-9-11-22(12-10-21)26(35)30-18-15-25(33)34/h9-12,23-24H,4-8,13-20H2,1-3H3,(H,30,35)(H,33,34). The van der Waals surface area contributed by atoms with Crippen molar-refractivity contribution in [2.24, 2.45) is 11.3 Å². The summed E-state index contributed by atoms with van der Waals surface area (Å²) in [6.45, 7) is 8.51. The number of hydrogen-bond acceptors (Lipinski definition) is 3. The number of rotatable bonds is 7. The number of nitrogens with zero attached hydrogens (tertiary/aromatic N) is 2. The number of benzene rings is 1. The molecule has 0 radical (unpaired) electrons. The second-order valence-electron chi connectivity index (χ2n) is 12.2. The molecule has 4 rings (SSSR count). The summed E-state index contributed by atoms with van der Waals surface area (Å²) in [6.07, 6.45) is 10.2. The second-order valence-corrected chi connectivity index (χ2v) is 12.2. The summed E-state index contributed by atoms with van der Waals surface area (Å²) in [5, 5.41) is 11.4. The van der Waals surface area contributed by atoms with Crippen LogP contribution in [-0.4, -0.2) is 57.5 Å². The minimum absolute atomic E-state index is 0.101. The van der Waals surface area contributed by atoms with Crippen LogP contribution in [0.3, 0.4) is 0 Å². The molecule has 36 heavy (non-hydrogen) atoms. The first-order chi connectivity index (χ1) is 17.1. The Balaban J connectivity index is 1.49. The molecule has 2 N–H and O–H groups in total. The van der Waals surface area contributed by atoms with Crippen LogP contribution < -0.4 is 5.32 Å². The van der Waals surface area contributed by atoms with E-state index in [-0.39, 0.29) is 30.4 Å². The first-order valence-electron chi connectivity index (χ1n) is 13.8. The Morgan fingerprint density at radius 1 is 1.03 bits per heavy atom. The number of amides is 3. The number of carbonyl (C=O) groups is 3. The van der Waals surface area contributed by atoms with E-state index in [1.807, 2.05) is 12.1 Å². The van der Waals surface area contributed by atoms with Gasteiger partial charge in [0.25, 0.3) is 5.91 Å². The van der Waals surface area contributed by atoms with Crippen LogP contribution in [0.1, 0.15) is 101 Å². The van der Waals surface area contributed by atoms with E-state index in [0.29, 0.717) is 29.5 Å². The number of hydrogen-bond donors (Lipinski definition) is 2. The molecule has 1 aromatic carbocycles. The molecular weight excluding hydrogens is 454 g/mol. The van der Waals surface area contributed by atoms with Gasteiger partial charge in [0.05, 0.1) is 12.0 Å². The van der Waals surface area contributed by atoms with Gasteiger partial charge in [0.1, 0.15) is 0 Å². The van der Waals surface area contributed by atoms with Crippen molar-refractivity contribution in [3.05, 3.63) is 35.4 Å². The van der Waals surface area contributed by atoms with Gasteiger partial charge in [-0.25, -0.2) is 4.79 Å². The van der Waals surface area contributed by atoms with Crippen LogP contribution in [0.15, 0.2) is 24.3 Å². The van der Waals surface area contributed by atoms with Crippen LogP contribution in [-0.2, 0) is 11.3 Å². The van der Waals surface area contributed by atoms with Gasteiger partial charge in [0.15, 0.2) is 0 Å². The molecule has 1 saturated heterocycles. The Morgan fingerprint density at radius 2 is 1.67 bits per heavy atom. The van der Waals surface area contributed by atoms with Crippen molar-refractivity contribution >= 4 is 17.9 Å². The van der Waals surface area contributed by atoms with Crippen molar-refractivity contribution in [2.75, 3.05) is 13.1 Å². The Morgan fingerprint density at radius 3 is 2.25 bits per heavy atom. The third-order valence-electron chi connectivity index (χ3n) is 8.85. The molecule has 198 valence electrons. The zero-order chi connectivity index (χ0) is 25.9. The first-order valence-corrected chi connectivity index (χ1v) is 13.8. The van der Waals surface area contributed by atoms with E-state index >= 15 is 0 Å². The lowest BCUT2D eigenvalue weighted by molar-refractivity contribution is -0.136. The summed E-state index contributed by atoms with van der Waals surface area (Å²) < 4.78 is 0. The average Bonchev–Trinajstić information content (AvgIpc) is 3.10. The van der Waals surface area contributed by atoms with Crippen LogP contribution >= 0.6 is 0 Å². The lowest BCUT2D eigenvalue weighted by Crippen LogP contribution is -2.50. The van der Waals surface area contributed by atoms with Crippen molar-refractivity contribution in [1.82, 2.24) is 15.1 Å². The molecule has 3 amide bonds. The van der Waals surface area contributed by atoms with Gasteiger partial charge in [-0.1, -0.05) is 52.2 Å². The third-order valence-corrected chi connectivity index (χ3v) is 8.85. The zero-order valence-electron chi connectivity index (χ0n) is 22.2. The molecular formula is C29H43N3O4. The van der Waals surface area contributed by atoms with Crippen molar-refractivity contribution < 1.29 is 19.5 Å². The fourth-order valence-corrected chi connectivity index (χ4v) is 6.52. The van der Waals surface area contributed by atoms with Gasteiger partial charge in [0.2, 0.25) is 0 Å². The van der Waals surface area contributed by atoms with Crippen LogP contribution in [0, 0.1) is 11.3 Å². The number of carbonyl (C=O) groups excluding carboxylic acids is 2. The van der Waals surface area contributed by atoms with E-state index < -0.39 is 5.97 Å². The van der Waals surface area contributed by atoms with Gasteiger partial charge in [-0.15, -0.1) is 0 Å². The smallest absolute Gasteiger partial charge is 0.321 e. The molecule has 2 saturated carbocycles. The van der Waals surface area contributed by atoms with E-state index in [0.717, 1.165) is 50.6 Å². The van der Waals surface area contributed by atoms with E-state index in [4.69, 9.17) is 5.11 Å². The molecule has 0 aromatic heterocycles. The average molecular weight is 498 g/mol. The van der Waals surface area contributed by atoms with Gasteiger partial charge in [-0.2, -0.15) is 0 Å². The van der Waals surface area contributed by atoms with Crippen LogP contribution in [0.25, 0.3) is 0 Å². The van der Waals surface area contributed by atoms with Gasteiger partial charge in [0, 0.05) is 31.2 Å². The predicted molar refractivity (Wildman–Crippen MR) is 140 cm³/mol. The number of urea groups is 1. The van der Waals surface area contributed by atoms with E-state index in [1.54, 1.807) is 12.1 Å². The molecule has 7 heteroatoms. The summed E-state index contributed by atoms with van der Waals surface area (Å²) in [4.78, 5) is 41.2. The molecule has 3 fully saturated rings. The third kappa shape index (κ3) is 5.87. The highest BCUT2D eigenvalue weighted by Gasteiger charge is 2.53.